The van der Waals surface area contributed by atoms with Crippen molar-refractivity contribution in [3.8, 4) is 11.1 Å². The predicted octanol–water partition coefficient (Wildman–Crippen LogP) is 1.92. The Morgan fingerprint density at radius 1 is 0.833 bits per heavy atom. The summed E-state index contributed by atoms with van der Waals surface area (Å²) in [6.45, 7) is 0. The summed E-state index contributed by atoms with van der Waals surface area (Å²) in [5.74, 6) is 0. The lowest BCUT2D eigenvalue weighted by Crippen LogP contribution is -1.93. The first-order valence-corrected chi connectivity index (χ1v) is 6.36. The number of aliphatic hydroxyl groups is 2. The molecule has 1 unspecified atom stereocenters. The van der Waals surface area contributed by atoms with Crippen molar-refractivity contribution in [2.45, 2.75) is 11.2 Å². The second kappa shape index (κ2) is 5.41. The molecule has 1 atom stereocenters. The van der Waals surface area contributed by atoms with Crippen molar-refractivity contribution >= 4 is 11.1 Å². The van der Waals surface area contributed by atoms with Crippen LogP contribution in [0.5, 0.6) is 0 Å². The highest BCUT2D eigenvalue weighted by atomic mass is 32.2. The lowest BCUT2D eigenvalue weighted by Gasteiger charge is -2.06. The van der Waals surface area contributed by atoms with E-state index in [1.54, 1.807) is 48.5 Å². The monoisotopic (exact) mass is 264 g/mol. The molecule has 0 saturated heterocycles. The number of aliphatic hydroxyl groups excluding tert-OH is 1. The first-order valence-electron chi connectivity index (χ1n) is 5.25. The highest BCUT2D eigenvalue weighted by Gasteiger charge is 2.04. The molecule has 5 heteroatoms. The van der Waals surface area contributed by atoms with Gasteiger partial charge >= 0.3 is 0 Å². The van der Waals surface area contributed by atoms with Crippen molar-refractivity contribution < 1.29 is 19.0 Å². The van der Waals surface area contributed by atoms with Gasteiger partial charge in [0, 0.05) is 5.56 Å². The maximum absolute atomic E-state index is 10.8. The van der Waals surface area contributed by atoms with Gasteiger partial charge in [0.2, 0.25) is 0 Å². The molecular weight excluding hydrogens is 252 g/mol. The van der Waals surface area contributed by atoms with E-state index < -0.39 is 17.4 Å². The molecule has 2 rings (SSSR count). The summed E-state index contributed by atoms with van der Waals surface area (Å²) in [7, 11) is 0. The number of hydrogen-bond donors (Lipinski definition) is 3. The van der Waals surface area contributed by atoms with Crippen LogP contribution in [0.25, 0.3) is 11.1 Å². The molecule has 2 aromatic rings. The van der Waals surface area contributed by atoms with Crippen LogP contribution in [-0.2, 0) is 11.1 Å². The van der Waals surface area contributed by atoms with Gasteiger partial charge in [-0.2, -0.15) is 0 Å². The van der Waals surface area contributed by atoms with Crippen molar-refractivity contribution in [3.63, 3.8) is 0 Å². The molecule has 0 aliphatic carbocycles. The average molecular weight is 264 g/mol. The minimum absolute atomic E-state index is 0.348. The van der Waals surface area contributed by atoms with Gasteiger partial charge in [-0.15, -0.1) is 0 Å². The Morgan fingerprint density at radius 3 is 1.67 bits per heavy atom. The topological polar surface area (TPSA) is 77.8 Å². The van der Waals surface area contributed by atoms with Crippen molar-refractivity contribution in [2.24, 2.45) is 0 Å². The summed E-state index contributed by atoms with van der Waals surface area (Å²) < 4.78 is 19.7. The van der Waals surface area contributed by atoms with Crippen LogP contribution in [0.1, 0.15) is 11.9 Å². The van der Waals surface area contributed by atoms with E-state index in [0.717, 1.165) is 11.1 Å². The summed E-state index contributed by atoms with van der Waals surface area (Å²) >= 11 is -1.97. The molecule has 2 aromatic carbocycles. The predicted molar refractivity (Wildman–Crippen MR) is 68.1 cm³/mol. The van der Waals surface area contributed by atoms with Crippen LogP contribution in [-0.4, -0.2) is 19.0 Å². The normalized spacial score (nSPS) is 12.7. The summed E-state index contributed by atoms with van der Waals surface area (Å²) in [6, 6.07) is 13.4. The molecule has 18 heavy (non-hydrogen) atoms. The minimum Gasteiger partial charge on any atom is -0.364 e. The zero-order chi connectivity index (χ0) is 13.1. The lowest BCUT2D eigenvalue weighted by atomic mass is 10.0. The zero-order valence-electron chi connectivity index (χ0n) is 9.35. The molecule has 4 nitrogen and oxygen atoms in total. The van der Waals surface area contributed by atoms with Crippen LogP contribution in [0, 0.1) is 0 Å². The van der Waals surface area contributed by atoms with Gasteiger partial charge < -0.3 is 14.8 Å². The van der Waals surface area contributed by atoms with E-state index in [1.807, 2.05) is 0 Å². The molecule has 0 saturated carbocycles. The van der Waals surface area contributed by atoms with E-state index in [0.29, 0.717) is 10.5 Å². The molecule has 0 radical (unpaired) electrons. The van der Waals surface area contributed by atoms with Crippen LogP contribution in [0.4, 0.5) is 0 Å². The zero-order valence-corrected chi connectivity index (χ0v) is 10.2. The summed E-state index contributed by atoms with van der Waals surface area (Å²) in [6.07, 6.45) is -1.47. The molecule has 0 aliphatic rings. The summed E-state index contributed by atoms with van der Waals surface area (Å²) in [5.41, 5.74) is 2.21. The highest BCUT2D eigenvalue weighted by molar-refractivity contribution is 7.79. The molecule has 0 aliphatic heterocycles. The van der Waals surface area contributed by atoms with Crippen molar-refractivity contribution in [1.82, 2.24) is 0 Å². The van der Waals surface area contributed by atoms with E-state index >= 15 is 0 Å². The molecule has 0 spiro atoms. The van der Waals surface area contributed by atoms with Gasteiger partial charge in [-0.1, -0.05) is 36.4 Å². The second-order valence-electron chi connectivity index (χ2n) is 3.77. The van der Waals surface area contributed by atoms with Crippen LogP contribution in [0.2, 0.25) is 0 Å². The Balaban J connectivity index is 2.28. The van der Waals surface area contributed by atoms with E-state index in [1.165, 1.54) is 0 Å². The molecule has 0 amide bonds. The SMILES string of the molecule is O=S(O)c1ccc(-c2ccc(C(O)O)cc2)cc1. The Bertz CT molecular complexity index is 546. The van der Waals surface area contributed by atoms with Gasteiger partial charge in [0.05, 0.1) is 4.90 Å². The lowest BCUT2D eigenvalue weighted by molar-refractivity contribution is -0.0424. The maximum atomic E-state index is 10.8. The summed E-state index contributed by atoms with van der Waals surface area (Å²) in [4.78, 5) is 0.348. The van der Waals surface area contributed by atoms with Gasteiger partial charge in [0.1, 0.15) is 0 Å². The Kier molecular flexibility index (Phi) is 3.88. The number of rotatable bonds is 3. The first kappa shape index (κ1) is 12.9. The van der Waals surface area contributed by atoms with E-state index in [-0.39, 0.29) is 0 Å². The van der Waals surface area contributed by atoms with Crippen LogP contribution < -0.4 is 0 Å². The number of hydrogen-bond acceptors (Lipinski definition) is 3. The average Bonchev–Trinajstić information content (AvgIpc) is 2.39. The van der Waals surface area contributed by atoms with Gasteiger partial charge in [-0.3, -0.25) is 0 Å². The maximum Gasteiger partial charge on any atom is 0.186 e. The molecule has 0 fully saturated rings. The largest absolute Gasteiger partial charge is 0.364 e. The van der Waals surface area contributed by atoms with Crippen molar-refractivity contribution in [3.05, 3.63) is 54.1 Å². The third kappa shape index (κ3) is 2.83. The van der Waals surface area contributed by atoms with E-state index in [2.05, 4.69) is 0 Å². The van der Waals surface area contributed by atoms with Gasteiger partial charge in [0.15, 0.2) is 17.4 Å². The first-order chi connectivity index (χ1) is 8.58. The Labute approximate surface area is 107 Å². The smallest absolute Gasteiger partial charge is 0.186 e. The molecular formula is C13H12O4S. The molecule has 3 N–H and O–H groups in total. The van der Waals surface area contributed by atoms with Gasteiger partial charge in [0.25, 0.3) is 0 Å². The molecule has 94 valence electrons. The van der Waals surface area contributed by atoms with Crippen molar-refractivity contribution in [2.75, 3.05) is 0 Å². The van der Waals surface area contributed by atoms with Crippen LogP contribution in [0.15, 0.2) is 53.4 Å². The fraction of sp³-hybridized carbons (Fsp3) is 0.0769. The third-order valence-electron chi connectivity index (χ3n) is 2.60. The Morgan fingerprint density at radius 2 is 1.28 bits per heavy atom. The fourth-order valence-corrected chi connectivity index (χ4v) is 1.98. The highest BCUT2D eigenvalue weighted by Crippen LogP contribution is 2.22. The quantitative estimate of drug-likeness (QED) is 0.584. The van der Waals surface area contributed by atoms with Gasteiger partial charge in [-0.25, -0.2) is 4.21 Å². The third-order valence-corrected chi connectivity index (χ3v) is 3.27. The number of benzene rings is 2. The molecule has 0 bridgehead atoms. The summed E-state index contributed by atoms with van der Waals surface area (Å²) in [5, 5.41) is 18.0. The molecule has 0 heterocycles. The standard InChI is InChI=1S/C13H12O4S/c14-13(15)11-3-1-9(2-4-11)10-5-7-12(8-6-10)18(16)17/h1-8,13-15H,(H,16,17). The van der Waals surface area contributed by atoms with E-state index in [4.69, 9.17) is 14.8 Å². The Hall–Kier alpha value is -1.53. The molecule has 0 aromatic heterocycles. The van der Waals surface area contributed by atoms with E-state index in [9.17, 15) is 4.21 Å². The van der Waals surface area contributed by atoms with Crippen LogP contribution >= 0.6 is 0 Å². The minimum atomic E-state index is -1.97. The van der Waals surface area contributed by atoms with Crippen LogP contribution in [0.3, 0.4) is 0 Å². The van der Waals surface area contributed by atoms with Gasteiger partial charge in [-0.05, 0) is 23.3 Å². The second-order valence-corrected chi connectivity index (χ2v) is 4.74. The van der Waals surface area contributed by atoms with Crippen molar-refractivity contribution in [1.29, 1.82) is 0 Å². The fourth-order valence-electron chi connectivity index (χ4n) is 1.61.